The van der Waals surface area contributed by atoms with E-state index in [0.717, 1.165) is 70.8 Å². The number of carbonyl (C=O) groups is 1. The molecule has 0 aromatic carbocycles. The van der Waals surface area contributed by atoms with Gasteiger partial charge in [-0.25, -0.2) is 4.79 Å². The lowest BCUT2D eigenvalue weighted by atomic mass is 10.0. The fourth-order valence-corrected chi connectivity index (χ4v) is 6.24. The molecule has 3 unspecified atom stereocenters. The van der Waals surface area contributed by atoms with Crippen molar-refractivity contribution in [2.45, 2.75) is 199 Å². The first kappa shape index (κ1) is 40.9. The predicted octanol–water partition coefficient (Wildman–Crippen LogP) is 11.5. The van der Waals surface area contributed by atoms with Gasteiger partial charge in [0.2, 0.25) is 0 Å². The monoisotopic (exact) mass is 624 g/mol. The second kappa shape index (κ2) is 30.5. The number of unbranched alkanes of at least 4 members (excludes halogenated alkanes) is 18. The molecule has 1 N–H and O–H groups in total. The van der Waals surface area contributed by atoms with Crippen LogP contribution in [0.25, 0.3) is 0 Å². The molecule has 0 saturated carbocycles. The maximum atomic E-state index is 11.2. The van der Waals surface area contributed by atoms with Crippen molar-refractivity contribution in [2.75, 3.05) is 27.2 Å². The maximum absolute atomic E-state index is 11.2. The summed E-state index contributed by atoms with van der Waals surface area (Å²) in [5.74, 6) is 0. The van der Waals surface area contributed by atoms with E-state index in [9.17, 15) is 4.79 Å². The van der Waals surface area contributed by atoms with Gasteiger partial charge in [0.15, 0.2) is 6.29 Å². The minimum atomic E-state index is -1.12. The summed E-state index contributed by atoms with van der Waals surface area (Å²) in [5, 5.41) is 9.17. The molecule has 1 aliphatic heterocycles. The smallest absolute Gasteiger partial charge is 0.450 e. The lowest BCUT2D eigenvalue weighted by Gasteiger charge is -2.20. The van der Waals surface area contributed by atoms with Gasteiger partial charge in [0.1, 0.15) is 6.10 Å². The lowest BCUT2D eigenvalue weighted by molar-refractivity contribution is -0.144. The molecule has 0 aromatic heterocycles. The van der Waals surface area contributed by atoms with Crippen molar-refractivity contribution in [3.8, 4) is 0 Å². The Hall–Kier alpha value is -1.11. The molecule has 0 bridgehead atoms. The molecular weight excluding hydrogens is 550 g/mol. The Kier molecular flexibility index (Phi) is 28.4. The number of allylic oxidation sites excluding steroid dienone is 1. The molecular formula is C38H73NO5. The fourth-order valence-electron chi connectivity index (χ4n) is 6.24. The summed E-state index contributed by atoms with van der Waals surface area (Å²) in [4.78, 5) is 13.5. The first-order chi connectivity index (χ1) is 21.5. The molecule has 0 spiro atoms. The van der Waals surface area contributed by atoms with Crippen molar-refractivity contribution in [2.24, 2.45) is 0 Å². The first-order valence-corrected chi connectivity index (χ1v) is 19.0. The van der Waals surface area contributed by atoms with Crippen molar-refractivity contribution in [1.82, 2.24) is 4.90 Å². The number of hydrogen-bond acceptors (Lipinski definition) is 5. The quantitative estimate of drug-likeness (QED) is 0.0457. The molecule has 0 aromatic rings. The summed E-state index contributed by atoms with van der Waals surface area (Å²) < 4.78 is 17.2. The maximum Gasteiger partial charge on any atom is 0.506 e. The average molecular weight is 624 g/mol. The van der Waals surface area contributed by atoms with Gasteiger partial charge >= 0.3 is 6.16 Å². The summed E-state index contributed by atoms with van der Waals surface area (Å²) in [5.41, 5.74) is 0. The van der Waals surface area contributed by atoms with E-state index in [4.69, 9.17) is 19.3 Å². The van der Waals surface area contributed by atoms with Crippen LogP contribution in [0.5, 0.6) is 0 Å². The largest absolute Gasteiger partial charge is 0.506 e. The van der Waals surface area contributed by atoms with E-state index in [1.54, 1.807) is 0 Å². The van der Waals surface area contributed by atoms with Crippen LogP contribution in [0.4, 0.5) is 4.79 Å². The third-order valence-electron chi connectivity index (χ3n) is 8.97. The molecule has 1 rings (SSSR count). The molecule has 1 aliphatic rings. The molecule has 1 fully saturated rings. The standard InChI is InChI=1S/C38H73NO5/c1-4-5-6-22-28-35(43-37-32-27-34-42-37)29-23-18-15-11-12-16-20-25-31-36(44-38(40)41)30-24-19-14-10-8-7-9-13-17-21-26-33-39(2)3/h18,23,35-37H,4-17,19-22,24-34H2,1-3H3,(H,40,41). The Labute approximate surface area is 273 Å². The van der Waals surface area contributed by atoms with Crippen molar-refractivity contribution < 1.29 is 24.1 Å². The molecule has 44 heavy (non-hydrogen) atoms. The highest BCUT2D eigenvalue weighted by Crippen LogP contribution is 2.21. The van der Waals surface area contributed by atoms with E-state index in [1.165, 1.54) is 116 Å². The molecule has 6 heteroatoms. The Morgan fingerprint density at radius 3 is 1.80 bits per heavy atom. The van der Waals surface area contributed by atoms with Gasteiger partial charge in [-0.05, 0) is 84.8 Å². The SMILES string of the molecule is CCCCCCC(CC=CCCCCCCCC(CCCCCCCCCCCCCN(C)C)OC(=O)O)OC1CCCO1. The predicted molar refractivity (Wildman–Crippen MR) is 186 cm³/mol. The van der Waals surface area contributed by atoms with E-state index in [-0.39, 0.29) is 18.5 Å². The summed E-state index contributed by atoms with van der Waals surface area (Å²) in [6.45, 7) is 4.31. The Bertz CT molecular complexity index is 649. The van der Waals surface area contributed by atoms with Crippen molar-refractivity contribution in [3.05, 3.63) is 12.2 Å². The summed E-state index contributed by atoms with van der Waals surface area (Å²) in [6.07, 6.45) is 36.2. The highest BCUT2D eigenvalue weighted by Gasteiger charge is 2.20. The summed E-state index contributed by atoms with van der Waals surface area (Å²) in [7, 11) is 4.30. The van der Waals surface area contributed by atoms with Crippen LogP contribution in [-0.4, -0.2) is 61.9 Å². The molecule has 0 amide bonds. The third-order valence-corrected chi connectivity index (χ3v) is 8.97. The van der Waals surface area contributed by atoms with E-state index in [0.29, 0.717) is 0 Å². The normalized spacial score (nSPS) is 16.7. The summed E-state index contributed by atoms with van der Waals surface area (Å²) in [6, 6.07) is 0. The molecule has 6 nitrogen and oxygen atoms in total. The van der Waals surface area contributed by atoms with Crippen molar-refractivity contribution >= 4 is 6.16 Å². The third kappa shape index (κ3) is 27.2. The fraction of sp³-hybridized carbons (Fsp3) is 0.921. The zero-order valence-corrected chi connectivity index (χ0v) is 29.4. The highest BCUT2D eigenvalue weighted by atomic mass is 16.7. The Balaban J connectivity index is 2.03. The minimum Gasteiger partial charge on any atom is -0.450 e. The van der Waals surface area contributed by atoms with Gasteiger partial charge in [-0.1, -0.05) is 122 Å². The number of ether oxygens (including phenoxy) is 3. The van der Waals surface area contributed by atoms with Crippen LogP contribution in [-0.2, 0) is 14.2 Å². The van der Waals surface area contributed by atoms with E-state index < -0.39 is 6.16 Å². The van der Waals surface area contributed by atoms with Crippen LogP contribution in [0, 0.1) is 0 Å². The van der Waals surface area contributed by atoms with Gasteiger partial charge < -0.3 is 24.2 Å². The van der Waals surface area contributed by atoms with Crippen molar-refractivity contribution in [3.63, 3.8) is 0 Å². The molecule has 0 radical (unpaired) electrons. The number of hydrogen-bond donors (Lipinski definition) is 1. The van der Waals surface area contributed by atoms with Gasteiger partial charge in [-0.3, -0.25) is 0 Å². The first-order valence-electron chi connectivity index (χ1n) is 19.0. The molecule has 0 aliphatic carbocycles. The van der Waals surface area contributed by atoms with E-state index in [2.05, 4.69) is 38.1 Å². The van der Waals surface area contributed by atoms with E-state index in [1.807, 2.05) is 0 Å². The minimum absolute atomic E-state index is 0.0119. The second-order valence-electron chi connectivity index (χ2n) is 13.6. The zero-order chi connectivity index (χ0) is 31.9. The van der Waals surface area contributed by atoms with Gasteiger partial charge in [-0.15, -0.1) is 0 Å². The molecule has 1 heterocycles. The number of nitrogens with zero attached hydrogens (tertiary/aromatic N) is 1. The molecule has 260 valence electrons. The van der Waals surface area contributed by atoms with E-state index >= 15 is 0 Å². The van der Waals surface area contributed by atoms with Crippen molar-refractivity contribution in [1.29, 1.82) is 0 Å². The number of carboxylic acid groups (broad SMARTS) is 1. The topological polar surface area (TPSA) is 68.2 Å². The highest BCUT2D eigenvalue weighted by molar-refractivity contribution is 5.57. The van der Waals surface area contributed by atoms with Crippen LogP contribution < -0.4 is 0 Å². The van der Waals surface area contributed by atoms with Gasteiger partial charge in [0.05, 0.1) is 6.10 Å². The Morgan fingerprint density at radius 1 is 0.750 bits per heavy atom. The van der Waals surface area contributed by atoms with Crippen LogP contribution in [0.1, 0.15) is 180 Å². The summed E-state index contributed by atoms with van der Waals surface area (Å²) >= 11 is 0. The lowest BCUT2D eigenvalue weighted by Crippen LogP contribution is -2.21. The zero-order valence-electron chi connectivity index (χ0n) is 29.4. The van der Waals surface area contributed by atoms with Crippen LogP contribution >= 0.6 is 0 Å². The van der Waals surface area contributed by atoms with Gasteiger partial charge in [0.25, 0.3) is 0 Å². The Morgan fingerprint density at radius 2 is 1.27 bits per heavy atom. The number of rotatable bonds is 32. The molecule has 1 saturated heterocycles. The van der Waals surface area contributed by atoms with Crippen LogP contribution in [0.3, 0.4) is 0 Å². The second-order valence-corrected chi connectivity index (χ2v) is 13.6. The molecule has 3 atom stereocenters. The van der Waals surface area contributed by atoms with Crippen LogP contribution in [0.2, 0.25) is 0 Å². The van der Waals surface area contributed by atoms with Crippen LogP contribution in [0.15, 0.2) is 12.2 Å². The average Bonchev–Trinajstić information content (AvgIpc) is 3.51. The van der Waals surface area contributed by atoms with Gasteiger partial charge in [-0.2, -0.15) is 0 Å². The van der Waals surface area contributed by atoms with Gasteiger partial charge in [0, 0.05) is 13.0 Å².